The Hall–Kier alpha value is -1.12. The van der Waals surface area contributed by atoms with E-state index >= 15 is 0 Å². The highest BCUT2D eigenvalue weighted by atomic mass is 32.2. The van der Waals surface area contributed by atoms with Crippen molar-refractivity contribution in [2.45, 2.75) is 49.0 Å². The van der Waals surface area contributed by atoms with Crippen molar-refractivity contribution in [2.75, 3.05) is 0 Å². The van der Waals surface area contributed by atoms with Crippen molar-refractivity contribution in [1.29, 1.82) is 0 Å². The second-order valence-corrected chi connectivity index (χ2v) is 9.88. The van der Waals surface area contributed by atoms with Crippen molar-refractivity contribution in [2.24, 2.45) is 0 Å². The third kappa shape index (κ3) is 1.55. The van der Waals surface area contributed by atoms with Gasteiger partial charge in [-0.2, -0.15) is 0 Å². The van der Waals surface area contributed by atoms with Gasteiger partial charge in [-0.3, -0.25) is 0 Å². The summed E-state index contributed by atoms with van der Waals surface area (Å²) in [6, 6.07) is 9.83. The molecule has 0 N–H and O–H groups in total. The SMILES string of the molecule is CCC1=CC2c3ccc4c5c(ccc(c35)C2S1)C1SC(CC)=CC41. The van der Waals surface area contributed by atoms with E-state index in [9.17, 15) is 0 Å². The largest absolute Gasteiger partial charge is 0.122 e. The summed E-state index contributed by atoms with van der Waals surface area (Å²) in [5, 5.41) is 4.49. The quantitative estimate of drug-likeness (QED) is 0.563. The van der Waals surface area contributed by atoms with Crippen molar-refractivity contribution in [3.8, 4) is 0 Å². The summed E-state index contributed by atoms with van der Waals surface area (Å²) in [5.41, 5.74) is 6.39. The Morgan fingerprint density at radius 1 is 0.667 bits per heavy atom. The Bertz CT molecular complexity index is 887. The molecule has 2 aromatic rings. The van der Waals surface area contributed by atoms with E-state index in [2.05, 4.69) is 73.8 Å². The van der Waals surface area contributed by atoms with Gasteiger partial charge < -0.3 is 0 Å². The smallest absolute Gasteiger partial charge is 0.0451 e. The highest BCUT2D eigenvalue weighted by Gasteiger charge is 2.44. The molecule has 4 aliphatic rings. The first-order chi connectivity index (χ1) is 11.8. The molecule has 2 aliphatic carbocycles. The Morgan fingerprint density at radius 2 is 1.08 bits per heavy atom. The second kappa shape index (κ2) is 4.74. The molecule has 2 heterocycles. The van der Waals surface area contributed by atoms with Crippen LogP contribution in [0.4, 0.5) is 0 Å². The summed E-state index contributed by atoms with van der Waals surface area (Å²) in [6.07, 6.45) is 7.45. The molecule has 2 aliphatic heterocycles. The molecule has 6 rings (SSSR count). The van der Waals surface area contributed by atoms with E-state index in [4.69, 9.17) is 0 Å². The van der Waals surface area contributed by atoms with Crippen LogP contribution in [0.15, 0.2) is 46.2 Å². The van der Waals surface area contributed by atoms with Crippen LogP contribution in [0.1, 0.15) is 71.3 Å². The predicted molar refractivity (Wildman–Crippen MR) is 107 cm³/mol. The lowest BCUT2D eigenvalue weighted by atomic mass is 9.94. The molecule has 24 heavy (non-hydrogen) atoms. The lowest BCUT2D eigenvalue weighted by Crippen LogP contribution is -1.95. The van der Waals surface area contributed by atoms with E-state index in [1.165, 1.54) is 12.8 Å². The van der Waals surface area contributed by atoms with E-state index in [0.29, 0.717) is 22.3 Å². The number of hydrogen-bond acceptors (Lipinski definition) is 2. The van der Waals surface area contributed by atoms with Gasteiger partial charge in [-0.1, -0.05) is 50.3 Å². The molecule has 0 bridgehead atoms. The molecular weight excluding hydrogens is 328 g/mol. The maximum atomic E-state index is 2.55. The van der Waals surface area contributed by atoms with Crippen molar-refractivity contribution in [1.82, 2.24) is 0 Å². The topological polar surface area (TPSA) is 0 Å². The Morgan fingerprint density at radius 3 is 1.50 bits per heavy atom. The van der Waals surface area contributed by atoms with Crippen LogP contribution in [0.3, 0.4) is 0 Å². The molecule has 0 fully saturated rings. The van der Waals surface area contributed by atoms with Gasteiger partial charge >= 0.3 is 0 Å². The lowest BCUT2D eigenvalue weighted by Gasteiger charge is -2.13. The number of benzene rings is 2. The van der Waals surface area contributed by atoms with Crippen LogP contribution in [-0.2, 0) is 0 Å². The molecule has 0 spiro atoms. The van der Waals surface area contributed by atoms with Gasteiger partial charge in [0.25, 0.3) is 0 Å². The molecule has 0 amide bonds. The Labute approximate surface area is 151 Å². The zero-order valence-electron chi connectivity index (χ0n) is 14.0. The van der Waals surface area contributed by atoms with Crippen LogP contribution in [0, 0.1) is 0 Å². The van der Waals surface area contributed by atoms with Crippen LogP contribution in [0.25, 0.3) is 10.8 Å². The Kier molecular flexibility index (Phi) is 2.78. The maximum absolute atomic E-state index is 2.55. The molecule has 0 saturated carbocycles. The van der Waals surface area contributed by atoms with Crippen LogP contribution in [0.2, 0.25) is 0 Å². The standard InChI is InChI=1S/C22H20S2/c1-3-11-9-17-13-5-6-14-18-10-12(4-2)24-22(18)16-8-7-15(21(17)23-11)19(13)20(14)16/h5-10,17-18,21-22H,3-4H2,1-2H3. The fourth-order valence-electron chi connectivity index (χ4n) is 5.18. The van der Waals surface area contributed by atoms with Crippen LogP contribution in [0.5, 0.6) is 0 Å². The Balaban J connectivity index is 1.61. The van der Waals surface area contributed by atoms with Gasteiger partial charge in [0, 0.05) is 22.3 Å². The molecule has 0 aromatic heterocycles. The summed E-state index contributed by atoms with van der Waals surface area (Å²) in [6.45, 7) is 4.57. The molecule has 4 atom stereocenters. The number of allylic oxidation sites excluding steroid dienone is 4. The summed E-state index contributed by atoms with van der Waals surface area (Å²) >= 11 is 4.22. The van der Waals surface area contributed by atoms with E-state index in [0.717, 1.165) is 0 Å². The summed E-state index contributed by atoms with van der Waals surface area (Å²) in [5.74, 6) is 1.22. The predicted octanol–water partition coefficient (Wildman–Crippen LogP) is 7.20. The monoisotopic (exact) mass is 348 g/mol. The summed E-state index contributed by atoms with van der Waals surface area (Å²) in [7, 11) is 0. The fourth-order valence-corrected chi connectivity index (χ4v) is 8.01. The van der Waals surface area contributed by atoms with E-state index in [1.807, 2.05) is 0 Å². The molecule has 2 heteroatoms. The minimum absolute atomic E-state index is 0.610. The van der Waals surface area contributed by atoms with Crippen LogP contribution >= 0.6 is 23.5 Å². The first-order valence-corrected chi connectivity index (χ1v) is 10.9. The zero-order chi connectivity index (χ0) is 16.0. The zero-order valence-corrected chi connectivity index (χ0v) is 15.6. The average Bonchev–Trinajstić information content (AvgIpc) is 3.32. The van der Waals surface area contributed by atoms with E-state index < -0.39 is 0 Å². The minimum atomic E-state index is 0.610. The van der Waals surface area contributed by atoms with Crippen molar-refractivity contribution >= 4 is 34.3 Å². The minimum Gasteiger partial charge on any atom is -0.122 e. The van der Waals surface area contributed by atoms with Crippen LogP contribution < -0.4 is 0 Å². The molecule has 4 unspecified atom stereocenters. The highest BCUT2D eigenvalue weighted by molar-refractivity contribution is 8.03. The first-order valence-electron chi connectivity index (χ1n) is 9.14. The number of rotatable bonds is 2. The molecule has 0 saturated heterocycles. The van der Waals surface area contributed by atoms with Gasteiger partial charge in [0.05, 0.1) is 0 Å². The third-order valence-corrected chi connectivity index (χ3v) is 9.31. The van der Waals surface area contributed by atoms with E-state index in [-0.39, 0.29) is 0 Å². The second-order valence-electron chi connectivity index (χ2n) is 7.34. The molecule has 2 aromatic carbocycles. The van der Waals surface area contributed by atoms with Crippen molar-refractivity contribution in [3.05, 3.63) is 68.5 Å². The van der Waals surface area contributed by atoms with Gasteiger partial charge in [-0.05, 0) is 55.7 Å². The number of thioether (sulfide) groups is 2. The summed E-state index contributed by atoms with van der Waals surface area (Å²) < 4.78 is 0. The molecule has 0 radical (unpaired) electrons. The highest BCUT2D eigenvalue weighted by Crippen LogP contribution is 2.65. The molecular formula is C22H20S2. The third-order valence-electron chi connectivity index (χ3n) is 6.26. The number of fused-ring (bicyclic) bond motifs is 6. The van der Waals surface area contributed by atoms with Crippen molar-refractivity contribution < 1.29 is 0 Å². The number of hydrogen-bond donors (Lipinski definition) is 0. The average molecular weight is 349 g/mol. The fraction of sp³-hybridized carbons (Fsp3) is 0.364. The van der Waals surface area contributed by atoms with Crippen molar-refractivity contribution in [3.63, 3.8) is 0 Å². The van der Waals surface area contributed by atoms with Gasteiger partial charge in [-0.25, -0.2) is 0 Å². The van der Waals surface area contributed by atoms with Gasteiger partial charge in [0.2, 0.25) is 0 Å². The van der Waals surface area contributed by atoms with Gasteiger partial charge in [-0.15, -0.1) is 23.5 Å². The summed E-state index contributed by atoms with van der Waals surface area (Å²) in [4.78, 5) is 3.16. The first kappa shape index (κ1) is 14.1. The van der Waals surface area contributed by atoms with Gasteiger partial charge in [0.15, 0.2) is 0 Å². The normalized spacial score (nSPS) is 31.4. The molecule has 0 nitrogen and oxygen atoms in total. The maximum Gasteiger partial charge on any atom is 0.0451 e. The molecule has 120 valence electrons. The van der Waals surface area contributed by atoms with Crippen LogP contribution in [-0.4, -0.2) is 0 Å². The van der Waals surface area contributed by atoms with E-state index in [1.54, 1.807) is 42.8 Å². The van der Waals surface area contributed by atoms with Gasteiger partial charge in [0.1, 0.15) is 0 Å². The lowest BCUT2D eigenvalue weighted by molar-refractivity contribution is 0.861.